The lowest BCUT2D eigenvalue weighted by atomic mass is 9.90. The van der Waals surface area contributed by atoms with Crippen molar-refractivity contribution in [3.05, 3.63) is 59.7 Å². The number of imide groups is 1. The molecule has 5 atom stereocenters. The number of fused-ring (bicyclic) bond motifs is 3. The Labute approximate surface area is 312 Å². The molecule has 53 heavy (non-hydrogen) atoms. The van der Waals surface area contributed by atoms with Crippen LogP contribution in [-0.2, 0) is 38.3 Å². The number of methoxy groups -OCH3 is 1. The first-order valence-electron chi connectivity index (χ1n) is 18.4. The van der Waals surface area contributed by atoms with Crippen molar-refractivity contribution in [2.75, 3.05) is 27.8 Å². The molecule has 13 heteroatoms. The average molecular weight is 735 g/mol. The van der Waals surface area contributed by atoms with Gasteiger partial charge in [-0.15, -0.1) is 5.06 Å². The van der Waals surface area contributed by atoms with Crippen LogP contribution in [0, 0.1) is 17.8 Å². The first kappa shape index (κ1) is 41.0. The van der Waals surface area contributed by atoms with Gasteiger partial charge in [-0.3, -0.25) is 24.1 Å². The number of rotatable bonds is 16. The van der Waals surface area contributed by atoms with Gasteiger partial charge in [-0.25, -0.2) is 9.59 Å². The number of benzene rings is 2. The molecule has 0 spiro atoms. The topological polar surface area (TPSA) is 152 Å². The molecule has 1 aliphatic heterocycles. The number of amides is 5. The number of nitrogens with one attached hydrogen (secondary N) is 1. The molecule has 13 nitrogen and oxygen atoms in total. The zero-order valence-electron chi connectivity index (χ0n) is 32.3. The maximum atomic E-state index is 14.2. The van der Waals surface area contributed by atoms with E-state index < -0.39 is 59.9 Å². The van der Waals surface area contributed by atoms with Gasteiger partial charge in [-0.1, -0.05) is 96.5 Å². The molecular formula is C40H54N4O9. The van der Waals surface area contributed by atoms with Gasteiger partial charge in [-0.2, -0.15) is 0 Å². The van der Waals surface area contributed by atoms with Gasteiger partial charge in [0.2, 0.25) is 11.8 Å². The molecule has 0 saturated carbocycles. The lowest BCUT2D eigenvalue weighted by Gasteiger charge is -2.40. The quantitative estimate of drug-likeness (QED) is 0.237. The molecule has 1 aliphatic carbocycles. The third-order valence-electron chi connectivity index (χ3n) is 10.4. The number of carbonyl (C=O) groups excluding carboxylic acids is 6. The molecule has 1 saturated heterocycles. The van der Waals surface area contributed by atoms with Crippen molar-refractivity contribution in [1.82, 2.24) is 20.2 Å². The van der Waals surface area contributed by atoms with Crippen LogP contribution in [0.1, 0.15) is 84.3 Å². The number of nitrogens with zero attached hydrogens (tertiary/aromatic N) is 3. The molecule has 1 N–H and O–H groups in total. The smallest absolute Gasteiger partial charge is 0.410 e. The summed E-state index contributed by atoms with van der Waals surface area (Å²) in [6.07, 6.45) is -1.29. The second kappa shape index (κ2) is 17.8. The largest absolute Gasteiger partial charge is 0.448 e. The molecule has 0 radical (unpaired) electrons. The fourth-order valence-electron chi connectivity index (χ4n) is 7.40. The first-order valence-corrected chi connectivity index (χ1v) is 18.4. The molecule has 4 rings (SSSR count). The van der Waals surface area contributed by atoms with Crippen LogP contribution in [0.25, 0.3) is 11.1 Å². The summed E-state index contributed by atoms with van der Waals surface area (Å²) >= 11 is 0. The summed E-state index contributed by atoms with van der Waals surface area (Å²) in [5, 5.41) is 3.39. The Morgan fingerprint density at radius 2 is 1.40 bits per heavy atom. The molecule has 0 bridgehead atoms. The van der Waals surface area contributed by atoms with Gasteiger partial charge in [0, 0.05) is 40.0 Å². The average Bonchev–Trinajstić information content (AvgIpc) is 3.62. The molecule has 2 aromatic rings. The molecule has 1 unspecified atom stereocenters. The fraction of sp³-hybridized carbons (Fsp3) is 0.550. The minimum Gasteiger partial charge on any atom is -0.448 e. The van der Waals surface area contributed by atoms with Gasteiger partial charge < -0.3 is 24.5 Å². The van der Waals surface area contributed by atoms with E-state index in [-0.39, 0.29) is 49.5 Å². The van der Waals surface area contributed by atoms with Gasteiger partial charge in [0.05, 0.1) is 18.6 Å². The lowest BCUT2D eigenvalue weighted by molar-refractivity contribution is -0.199. The number of hydrogen-bond acceptors (Lipinski definition) is 9. The summed E-state index contributed by atoms with van der Waals surface area (Å²) < 4.78 is 11.6. The van der Waals surface area contributed by atoms with Crippen LogP contribution in [0.2, 0.25) is 0 Å². The van der Waals surface area contributed by atoms with E-state index in [4.69, 9.17) is 14.3 Å². The summed E-state index contributed by atoms with van der Waals surface area (Å²) in [5.74, 6) is -3.95. The van der Waals surface area contributed by atoms with Crippen LogP contribution < -0.4 is 5.32 Å². The van der Waals surface area contributed by atoms with Crippen molar-refractivity contribution < 1.29 is 43.1 Å². The molecule has 2 aliphatic rings. The van der Waals surface area contributed by atoms with E-state index in [1.165, 1.54) is 24.0 Å². The maximum absolute atomic E-state index is 14.2. The highest BCUT2D eigenvalue weighted by atomic mass is 16.7. The van der Waals surface area contributed by atoms with Crippen molar-refractivity contribution in [3.8, 4) is 11.1 Å². The Balaban J connectivity index is 1.46. The summed E-state index contributed by atoms with van der Waals surface area (Å²) in [4.78, 5) is 86.5. The van der Waals surface area contributed by atoms with Crippen LogP contribution >= 0.6 is 0 Å². The minimum absolute atomic E-state index is 0.0337. The third-order valence-corrected chi connectivity index (χ3v) is 10.4. The van der Waals surface area contributed by atoms with Gasteiger partial charge in [0.1, 0.15) is 18.7 Å². The SMILES string of the molecule is CC[C@H](C)[C@@H]([C@@H](CC(=O)ON1C(=O)CCC1=O)OC)N(C)C(=O)[C@@H](NC(=O)C(C(C)C)N(C)C(=O)OCC1c2ccccc2-c2ccccc21)C(C)C. The first-order chi connectivity index (χ1) is 25.1. The number of hydroxylamine groups is 2. The molecule has 0 aromatic heterocycles. The van der Waals surface area contributed by atoms with Crippen LogP contribution in [0.3, 0.4) is 0 Å². The standard InChI is InChI=1S/C40H54N4O9/c1-10-25(6)37(31(51-9)21-34(47)53-44-32(45)19-20-33(44)46)42(7)39(49)35(23(2)3)41-38(48)36(24(4)5)43(8)40(50)52-22-30-28-17-13-11-15-26(28)27-16-12-14-18-29(27)30/h11-18,23-25,30-31,35-37H,10,19-22H2,1-9H3,(H,41,48)/t25-,31+,35-,36?,37-/m0/s1. The monoisotopic (exact) mass is 734 g/mol. The lowest BCUT2D eigenvalue weighted by Crippen LogP contribution is -2.60. The summed E-state index contributed by atoms with van der Waals surface area (Å²) in [5.41, 5.74) is 4.36. The fourth-order valence-corrected chi connectivity index (χ4v) is 7.40. The summed E-state index contributed by atoms with van der Waals surface area (Å²) in [7, 11) is 4.52. The third kappa shape index (κ3) is 9.06. The second-order valence-corrected chi connectivity index (χ2v) is 14.7. The zero-order chi connectivity index (χ0) is 39.1. The minimum atomic E-state index is -0.986. The van der Waals surface area contributed by atoms with Crippen LogP contribution in [0.4, 0.5) is 4.79 Å². The summed E-state index contributed by atoms with van der Waals surface area (Å²) in [6.45, 7) is 11.2. The van der Waals surface area contributed by atoms with Gasteiger partial charge in [0.25, 0.3) is 11.8 Å². The molecule has 5 amide bonds. The van der Waals surface area contributed by atoms with E-state index in [0.717, 1.165) is 22.3 Å². The van der Waals surface area contributed by atoms with E-state index in [1.807, 2.05) is 77.9 Å². The highest BCUT2D eigenvalue weighted by molar-refractivity contribution is 6.01. The number of ether oxygens (including phenoxy) is 2. The van der Waals surface area contributed by atoms with Crippen molar-refractivity contribution >= 4 is 35.7 Å². The maximum Gasteiger partial charge on any atom is 0.410 e. The van der Waals surface area contributed by atoms with E-state index in [0.29, 0.717) is 11.5 Å². The molecule has 288 valence electrons. The Morgan fingerprint density at radius 3 is 1.89 bits per heavy atom. The number of carbonyl (C=O) groups is 6. The van der Waals surface area contributed by atoms with Crippen molar-refractivity contribution in [1.29, 1.82) is 0 Å². The highest BCUT2D eigenvalue weighted by Gasteiger charge is 2.41. The predicted molar refractivity (Wildman–Crippen MR) is 197 cm³/mol. The van der Waals surface area contributed by atoms with Gasteiger partial charge >= 0.3 is 12.1 Å². The molecule has 1 heterocycles. The Hall–Kier alpha value is -4.78. The Kier molecular flexibility index (Phi) is 13.8. The normalized spacial score (nSPS) is 16.8. The zero-order valence-corrected chi connectivity index (χ0v) is 32.3. The number of hydrogen-bond donors (Lipinski definition) is 1. The van der Waals surface area contributed by atoms with Crippen molar-refractivity contribution in [2.45, 2.75) is 97.4 Å². The van der Waals surface area contributed by atoms with Crippen molar-refractivity contribution in [3.63, 3.8) is 0 Å². The Morgan fingerprint density at radius 1 is 0.849 bits per heavy atom. The van der Waals surface area contributed by atoms with E-state index in [9.17, 15) is 28.8 Å². The highest BCUT2D eigenvalue weighted by Crippen LogP contribution is 2.44. The van der Waals surface area contributed by atoms with Crippen LogP contribution in [-0.4, -0.2) is 103 Å². The van der Waals surface area contributed by atoms with Crippen molar-refractivity contribution in [2.24, 2.45) is 17.8 Å². The Bertz CT molecular complexity index is 1620. The predicted octanol–water partition coefficient (Wildman–Crippen LogP) is 4.92. The molecule has 2 aromatic carbocycles. The van der Waals surface area contributed by atoms with E-state index in [1.54, 1.807) is 7.05 Å². The molecular weight excluding hydrogens is 680 g/mol. The van der Waals surface area contributed by atoms with Crippen LogP contribution in [0.15, 0.2) is 48.5 Å². The summed E-state index contributed by atoms with van der Waals surface area (Å²) in [6, 6.07) is 13.5. The van der Waals surface area contributed by atoms with E-state index >= 15 is 0 Å². The second-order valence-electron chi connectivity index (χ2n) is 14.7. The van der Waals surface area contributed by atoms with Gasteiger partial charge in [0.15, 0.2) is 0 Å². The molecule has 1 fully saturated rings. The van der Waals surface area contributed by atoms with E-state index in [2.05, 4.69) is 17.4 Å². The number of likely N-dealkylation sites (N-methyl/N-ethyl adjacent to an activating group) is 2. The van der Waals surface area contributed by atoms with Crippen LogP contribution in [0.5, 0.6) is 0 Å². The van der Waals surface area contributed by atoms with Gasteiger partial charge in [-0.05, 0) is 40.0 Å².